The summed E-state index contributed by atoms with van der Waals surface area (Å²) in [7, 11) is 3.75. The van der Waals surface area contributed by atoms with Crippen molar-refractivity contribution >= 4 is 17.8 Å². The molecule has 118 valence electrons. The van der Waals surface area contributed by atoms with Gasteiger partial charge >= 0.3 is 5.97 Å². The lowest BCUT2D eigenvalue weighted by Gasteiger charge is -2.22. The maximum atomic E-state index is 11.7. The zero-order valence-corrected chi connectivity index (χ0v) is 13.0. The van der Waals surface area contributed by atoms with E-state index in [-0.39, 0.29) is 0 Å². The zero-order valence-electron chi connectivity index (χ0n) is 13.0. The van der Waals surface area contributed by atoms with Crippen LogP contribution in [0.4, 0.5) is 0 Å². The van der Waals surface area contributed by atoms with E-state index in [0.717, 1.165) is 6.92 Å². The van der Waals surface area contributed by atoms with Crippen molar-refractivity contribution in [1.29, 1.82) is 0 Å². The average molecular weight is 289 g/mol. The van der Waals surface area contributed by atoms with Gasteiger partial charge in [0.2, 0.25) is 17.2 Å². The number of aliphatic carboxylic acids is 1. The SMILES string of the molecule is CCCNC(=O)C(C)(C(=O)O)C(=O)NCCC.CNC. The Labute approximate surface area is 120 Å². The first-order valence-corrected chi connectivity index (χ1v) is 6.71. The number of nitrogens with one attached hydrogen (secondary N) is 3. The van der Waals surface area contributed by atoms with E-state index in [4.69, 9.17) is 5.11 Å². The average Bonchev–Trinajstić information content (AvgIpc) is 2.41. The minimum absolute atomic E-state index is 0.350. The van der Waals surface area contributed by atoms with Crippen molar-refractivity contribution in [3.05, 3.63) is 0 Å². The quantitative estimate of drug-likeness (QED) is 0.492. The van der Waals surface area contributed by atoms with E-state index in [1.807, 2.05) is 27.9 Å². The second-order valence-electron chi connectivity index (χ2n) is 4.44. The van der Waals surface area contributed by atoms with Crippen LogP contribution in [-0.2, 0) is 14.4 Å². The molecule has 0 atom stereocenters. The zero-order chi connectivity index (χ0) is 16.2. The monoisotopic (exact) mass is 289 g/mol. The molecule has 0 unspecified atom stereocenters. The molecule has 20 heavy (non-hydrogen) atoms. The Bertz CT molecular complexity index is 299. The molecule has 4 N–H and O–H groups in total. The van der Waals surface area contributed by atoms with Crippen molar-refractivity contribution in [2.45, 2.75) is 33.6 Å². The number of hydrogen-bond donors (Lipinski definition) is 4. The molecule has 0 aliphatic carbocycles. The van der Waals surface area contributed by atoms with E-state index < -0.39 is 23.2 Å². The fourth-order valence-corrected chi connectivity index (χ4v) is 1.13. The summed E-state index contributed by atoms with van der Waals surface area (Å²) in [5.41, 5.74) is -2.07. The third-order valence-corrected chi connectivity index (χ3v) is 2.41. The minimum Gasteiger partial charge on any atom is -0.480 e. The van der Waals surface area contributed by atoms with Crippen LogP contribution in [0.1, 0.15) is 33.6 Å². The Kier molecular flexibility index (Phi) is 11.6. The van der Waals surface area contributed by atoms with Gasteiger partial charge in [0.25, 0.3) is 0 Å². The summed E-state index contributed by atoms with van der Waals surface area (Å²) < 4.78 is 0. The number of carbonyl (C=O) groups excluding carboxylic acids is 2. The second kappa shape index (κ2) is 11.2. The van der Waals surface area contributed by atoms with Gasteiger partial charge in [-0.25, -0.2) is 0 Å². The molecule has 0 aromatic heterocycles. The smallest absolute Gasteiger partial charge is 0.328 e. The molecule has 2 amide bonds. The van der Waals surface area contributed by atoms with E-state index >= 15 is 0 Å². The molecular weight excluding hydrogens is 262 g/mol. The molecule has 7 heteroatoms. The largest absolute Gasteiger partial charge is 0.480 e. The number of carboxylic acid groups (broad SMARTS) is 1. The van der Waals surface area contributed by atoms with Crippen molar-refractivity contribution in [3.8, 4) is 0 Å². The highest BCUT2D eigenvalue weighted by Crippen LogP contribution is 2.17. The van der Waals surface area contributed by atoms with E-state index in [2.05, 4.69) is 16.0 Å². The number of rotatable bonds is 7. The molecule has 7 nitrogen and oxygen atoms in total. The second-order valence-corrected chi connectivity index (χ2v) is 4.44. The normalized spacial score (nSPS) is 10.1. The topological polar surface area (TPSA) is 108 Å². The predicted octanol–water partition coefficient (Wildman–Crippen LogP) is -0.0347. The third-order valence-electron chi connectivity index (χ3n) is 2.41. The molecule has 0 radical (unpaired) electrons. The molecule has 0 aromatic carbocycles. The molecule has 0 aliphatic rings. The third kappa shape index (κ3) is 6.51. The van der Waals surface area contributed by atoms with Crippen LogP contribution in [0, 0.1) is 5.41 Å². The fourth-order valence-electron chi connectivity index (χ4n) is 1.13. The van der Waals surface area contributed by atoms with Crippen molar-refractivity contribution in [2.24, 2.45) is 5.41 Å². The lowest BCUT2D eigenvalue weighted by atomic mass is 9.88. The van der Waals surface area contributed by atoms with Gasteiger partial charge in [-0.2, -0.15) is 0 Å². The lowest BCUT2D eigenvalue weighted by Crippen LogP contribution is -2.54. The standard InChI is InChI=1S/C11H20N2O4.C2H7N/c1-4-6-12-8(14)11(3,10(16)17)9(15)13-7-5-2;1-3-2/h4-7H2,1-3H3,(H,12,14)(H,13,15)(H,16,17);3H,1-2H3. The Morgan fingerprint density at radius 1 is 0.950 bits per heavy atom. The molecular formula is C13H27N3O4. The van der Waals surface area contributed by atoms with Crippen LogP contribution >= 0.6 is 0 Å². The van der Waals surface area contributed by atoms with Crippen molar-refractivity contribution in [1.82, 2.24) is 16.0 Å². The molecule has 0 saturated carbocycles. The molecule has 0 aliphatic heterocycles. The molecule has 0 fully saturated rings. The molecule has 0 saturated heterocycles. The van der Waals surface area contributed by atoms with Crippen molar-refractivity contribution in [3.63, 3.8) is 0 Å². The summed E-state index contributed by atoms with van der Waals surface area (Å²) in [6.45, 7) is 5.50. The molecule has 0 bridgehead atoms. The molecule has 0 aromatic rings. The van der Waals surface area contributed by atoms with Gasteiger partial charge in [-0.05, 0) is 33.9 Å². The molecule has 0 spiro atoms. The summed E-state index contributed by atoms with van der Waals surface area (Å²) in [5.74, 6) is -3.00. The van der Waals surface area contributed by atoms with Gasteiger partial charge in [-0.15, -0.1) is 0 Å². The van der Waals surface area contributed by atoms with E-state index in [0.29, 0.717) is 25.9 Å². The van der Waals surface area contributed by atoms with Gasteiger partial charge in [0, 0.05) is 13.1 Å². The van der Waals surface area contributed by atoms with Crippen LogP contribution in [0.2, 0.25) is 0 Å². The highest BCUT2D eigenvalue weighted by Gasteiger charge is 2.48. The highest BCUT2D eigenvalue weighted by molar-refractivity contribution is 6.20. The molecule has 0 rings (SSSR count). The van der Waals surface area contributed by atoms with Gasteiger partial charge in [0.05, 0.1) is 0 Å². The summed E-state index contributed by atoms with van der Waals surface area (Å²) in [6, 6.07) is 0. The summed E-state index contributed by atoms with van der Waals surface area (Å²) in [4.78, 5) is 34.5. The first-order valence-electron chi connectivity index (χ1n) is 6.71. The number of carboxylic acids is 1. The van der Waals surface area contributed by atoms with Gasteiger partial charge in [0.1, 0.15) is 0 Å². The van der Waals surface area contributed by atoms with Crippen LogP contribution in [0.3, 0.4) is 0 Å². The van der Waals surface area contributed by atoms with E-state index in [1.54, 1.807) is 0 Å². The first kappa shape index (κ1) is 20.7. The first-order chi connectivity index (χ1) is 9.32. The van der Waals surface area contributed by atoms with Gasteiger partial charge in [0.15, 0.2) is 0 Å². The van der Waals surface area contributed by atoms with Crippen LogP contribution < -0.4 is 16.0 Å². The Hall–Kier alpha value is -1.63. The maximum absolute atomic E-state index is 11.7. The fraction of sp³-hybridized carbons (Fsp3) is 0.769. The van der Waals surface area contributed by atoms with Gasteiger partial charge in [-0.3, -0.25) is 14.4 Å². The summed E-state index contributed by atoms with van der Waals surface area (Å²) in [5, 5.41) is 16.7. The van der Waals surface area contributed by atoms with E-state index in [9.17, 15) is 14.4 Å². The summed E-state index contributed by atoms with van der Waals surface area (Å²) >= 11 is 0. The van der Waals surface area contributed by atoms with Gasteiger partial charge < -0.3 is 21.1 Å². The van der Waals surface area contributed by atoms with Crippen LogP contribution in [0.25, 0.3) is 0 Å². The maximum Gasteiger partial charge on any atom is 0.328 e. The number of amides is 2. The summed E-state index contributed by atoms with van der Waals surface area (Å²) in [6.07, 6.45) is 1.36. The number of hydrogen-bond acceptors (Lipinski definition) is 4. The van der Waals surface area contributed by atoms with Crippen molar-refractivity contribution in [2.75, 3.05) is 27.2 Å². The Balaban J connectivity index is 0. The predicted molar refractivity (Wildman–Crippen MR) is 77.3 cm³/mol. The number of carbonyl (C=O) groups is 3. The van der Waals surface area contributed by atoms with Crippen LogP contribution in [0.15, 0.2) is 0 Å². The lowest BCUT2D eigenvalue weighted by molar-refractivity contribution is -0.160. The van der Waals surface area contributed by atoms with Gasteiger partial charge in [-0.1, -0.05) is 13.8 Å². The highest BCUT2D eigenvalue weighted by atomic mass is 16.4. The Morgan fingerprint density at radius 3 is 1.45 bits per heavy atom. The minimum atomic E-state index is -2.07. The Morgan fingerprint density at radius 2 is 1.25 bits per heavy atom. The van der Waals surface area contributed by atoms with Crippen molar-refractivity contribution < 1.29 is 19.5 Å². The van der Waals surface area contributed by atoms with Crippen LogP contribution in [-0.4, -0.2) is 50.1 Å². The van der Waals surface area contributed by atoms with E-state index in [1.165, 1.54) is 0 Å². The van der Waals surface area contributed by atoms with Crippen LogP contribution in [0.5, 0.6) is 0 Å². The molecule has 0 heterocycles.